The fraction of sp³-hybridized carbons (Fsp3) is 0.483. The molecule has 0 amide bonds. The van der Waals surface area contributed by atoms with Crippen LogP contribution in [0.3, 0.4) is 0 Å². The Hall–Kier alpha value is -3.20. The molecule has 206 valence electrons. The number of rotatable bonds is 9. The number of methoxy groups -OCH3 is 1. The highest BCUT2D eigenvalue weighted by atomic mass is 19.4. The zero-order chi connectivity index (χ0) is 27.3. The van der Waals surface area contributed by atoms with Gasteiger partial charge in [-0.25, -0.2) is 0 Å². The SMILES string of the molecule is COC(=O)CC1CCN(CC2=Cc3ccc(OCc4ccc(OC(C)C)c(C(F)(F)F)c4)cc3OC2)CC1. The molecule has 2 aromatic carbocycles. The second-order valence-electron chi connectivity index (χ2n) is 10.1. The Bertz CT molecular complexity index is 1150. The molecule has 0 bridgehead atoms. The van der Waals surface area contributed by atoms with Crippen molar-refractivity contribution in [2.45, 2.75) is 52.0 Å². The highest BCUT2D eigenvalue weighted by Crippen LogP contribution is 2.38. The Balaban J connectivity index is 1.34. The molecule has 1 saturated heterocycles. The molecule has 4 rings (SSSR count). The van der Waals surface area contributed by atoms with Gasteiger partial charge in [-0.1, -0.05) is 6.07 Å². The van der Waals surface area contributed by atoms with Crippen LogP contribution >= 0.6 is 0 Å². The van der Waals surface area contributed by atoms with E-state index < -0.39 is 11.7 Å². The maximum atomic E-state index is 13.5. The summed E-state index contributed by atoms with van der Waals surface area (Å²) in [4.78, 5) is 13.9. The quantitative estimate of drug-likeness (QED) is 0.362. The summed E-state index contributed by atoms with van der Waals surface area (Å²) in [5, 5.41) is 0. The normalized spacial score (nSPS) is 16.4. The van der Waals surface area contributed by atoms with Crippen LogP contribution < -0.4 is 14.2 Å². The van der Waals surface area contributed by atoms with E-state index in [1.54, 1.807) is 32.0 Å². The summed E-state index contributed by atoms with van der Waals surface area (Å²) in [6.45, 7) is 6.48. The number of ether oxygens (including phenoxy) is 4. The molecule has 0 N–H and O–H groups in total. The average Bonchev–Trinajstić information content (AvgIpc) is 2.88. The summed E-state index contributed by atoms with van der Waals surface area (Å²) >= 11 is 0. The Labute approximate surface area is 221 Å². The van der Waals surface area contributed by atoms with Gasteiger partial charge in [0.05, 0.1) is 18.8 Å². The van der Waals surface area contributed by atoms with Gasteiger partial charge in [0.2, 0.25) is 0 Å². The van der Waals surface area contributed by atoms with E-state index in [4.69, 9.17) is 18.9 Å². The van der Waals surface area contributed by atoms with E-state index in [1.807, 2.05) is 6.07 Å². The second-order valence-corrected chi connectivity index (χ2v) is 10.1. The first kappa shape index (κ1) is 27.8. The molecular weight excluding hydrogens is 499 g/mol. The summed E-state index contributed by atoms with van der Waals surface area (Å²) < 4.78 is 62.4. The lowest BCUT2D eigenvalue weighted by Gasteiger charge is -2.32. The Kier molecular flexibility index (Phi) is 8.87. The first-order valence-electron chi connectivity index (χ1n) is 12.9. The zero-order valence-electron chi connectivity index (χ0n) is 22.0. The van der Waals surface area contributed by atoms with Gasteiger partial charge in [-0.05, 0) is 87.2 Å². The number of nitrogens with zero attached hydrogens (tertiary/aromatic N) is 1. The lowest BCUT2D eigenvalue weighted by atomic mass is 9.93. The van der Waals surface area contributed by atoms with Crippen LogP contribution in [-0.4, -0.2) is 50.3 Å². The zero-order valence-corrected chi connectivity index (χ0v) is 22.0. The number of likely N-dealkylation sites (tertiary alicyclic amines) is 1. The van der Waals surface area contributed by atoms with Crippen molar-refractivity contribution in [3.63, 3.8) is 0 Å². The molecule has 0 radical (unpaired) electrons. The fourth-order valence-corrected chi connectivity index (χ4v) is 4.74. The van der Waals surface area contributed by atoms with E-state index in [9.17, 15) is 18.0 Å². The molecule has 38 heavy (non-hydrogen) atoms. The van der Waals surface area contributed by atoms with Crippen LogP contribution in [-0.2, 0) is 22.3 Å². The lowest BCUT2D eigenvalue weighted by molar-refractivity contribution is -0.142. The van der Waals surface area contributed by atoms with Crippen molar-refractivity contribution >= 4 is 12.0 Å². The first-order valence-corrected chi connectivity index (χ1v) is 12.9. The van der Waals surface area contributed by atoms with E-state index in [1.165, 1.54) is 18.7 Å². The third-order valence-electron chi connectivity index (χ3n) is 6.69. The molecule has 0 unspecified atom stereocenters. The molecule has 0 aromatic heterocycles. The third kappa shape index (κ3) is 7.43. The van der Waals surface area contributed by atoms with Crippen LogP contribution in [0.5, 0.6) is 17.2 Å². The highest BCUT2D eigenvalue weighted by Gasteiger charge is 2.35. The Morgan fingerprint density at radius 1 is 1.13 bits per heavy atom. The monoisotopic (exact) mass is 533 g/mol. The third-order valence-corrected chi connectivity index (χ3v) is 6.69. The van der Waals surface area contributed by atoms with Crippen molar-refractivity contribution in [1.82, 2.24) is 4.90 Å². The van der Waals surface area contributed by atoms with E-state index in [-0.39, 0.29) is 24.4 Å². The molecule has 2 aliphatic heterocycles. The molecule has 2 heterocycles. The standard InChI is InChI=1S/C29H34F3NO5/c1-19(2)38-26-7-4-21(13-25(26)29(30,31)32)17-36-24-6-5-23-12-22(18-37-27(23)15-24)16-33-10-8-20(9-11-33)14-28(34)35-3/h4-7,12-13,15,19-20H,8-11,14,16-18H2,1-3H3. The minimum absolute atomic E-state index is 0.0170. The average molecular weight is 534 g/mol. The molecule has 0 saturated carbocycles. The number of hydrogen-bond donors (Lipinski definition) is 0. The molecule has 2 aromatic rings. The van der Waals surface area contributed by atoms with Gasteiger partial charge in [0.1, 0.15) is 30.5 Å². The molecule has 9 heteroatoms. The highest BCUT2D eigenvalue weighted by molar-refractivity contribution is 5.69. The van der Waals surface area contributed by atoms with Gasteiger partial charge in [-0.2, -0.15) is 13.2 Å². The summed E-state index contributed by atoms with van der Waals surface area (Å²) in [6.07, 6.45) is -0.352. The summed E-state index contributed by atoms with van der Waals surface area (Å²) in [7, 11) is 1.43. The second kappa shape index (κ2) is 12.1. The fourth-order valence-electron chi connectivity index (χ4n) is 4.74. The van der Waals surface area contributed by atoms with E-state index in [2.05, 4.69) is 11.0 Å². The number of esters is 1. The summed E-state index contributed by atoms with van der Waals surface area (Å²) in [5.41, 5.74) is 1.69. The number of halogens is 3. The first-order chi connectivity index (χ1) is 18.1. The predicted molar refractivity (Wildman–Crippen MR) is 137 cm³/mol. The molecular formula is C29H34F3NO5. The van der Waals surface area contributed by atoms with Crippen molar-refractivity contribution in [3.05, 3.63) is 58.7 Å². The Morgan fingerprint density at radius 3 is 2.58 bits per heavy atom. The van der Waals surface area contributed by atoms with E-state index in [0.717, 1.165) is 44.1 Å². The largest absolute Gasteiger partial charge is 0.490 e. The Morgan fingerprint density at radius 2 is 1.89 bits per heavy atom. The van der Waals surface area contributed by atoms with Crippen molar-refractivity contribution in [1.29, 1.82) is 0 Å². The van der Waals surface area contributed by atoms with Gasteiger partial charge in [-0.15, -0.1) is 0 Å². The molecule has 0 spiro atoms. The maximum absolute atomic E-state index is 13.5. The molecule has 0 atom stereocenters. The van der Waals surface area contributed by atoms with Crippen LogP contribution in [0.4, 0.5) is 13.2 Å². The van der Waals surface area contributed by atoms with Gasteiger partial charge in [0.15, 0.2) is 0 Å². The smallest absolute Gasteiger partial charge is 0.419 e. The number of carbonyl (C=O) groups excluding carboxylic acids is 1. The number of hydrogen-bond acceptors (Lipinski definition) is 6. The van der Waals surface area contributed by atoms with Gasteiger partial charge < -0.3 is 18.9 Å². The van der Waals surface area contributed by atoms with E-state index in [0.29, 0.717) is 36.0 Å². The topological polar surface area (TPSA) is 57.2 Å². The lowest BCUT2D eigenvalue weighted by Crippen LogP contribution is -2.36. The van der Waals surface area contributed by atoms with E-state index >= 15 is 0 Å². The van der Waals surface area contributed by atoms with Crippen molar-refractivity contribution in [2.24, 2.45) is 5.92 Å². The van der Waals surface area contributed by atoms with Crippen molar-refractivity contribution < 1.29 is 36.9 Å². The number of benzene rings is 2. The van der Waals surface area contributed by atoms with Crippen LogP contribution in [0.25, 0.3) is 6.08 Å². The van der Waals surface area contributed by atoms with Crippen molar-refractivity contribution in [3.8, 4) is 17.2 Å². The van der Waals surface area contributed by atoms with Gasteiger partial charge in [0, 0.05) is 24.6 Å². The molecule has 2 aliphatic rings. The van der Waals surface area contributed by atoms with Gasteiger partial charge in [-0.3, -0.25) is 9.69 Å². The maximum Gasteiger partial charge on any atom is 0.419 e. The van der Waals surface area contributed by atoms with Crippen LogP contribution in [0.1, 0.15) is 49.8 Å². The number of piperidine rings is 1. The van der Waals surface area contributed by atoms with Gasteiger partial charge >= 0.3 is 12.1 Å². The molecule has 0 aliphatic carbocycles. The van der Waals surface area contributed by atoms with Crippen LogP contribution in [0, 0.1) is 5.92 Å². The van der Waals surface area contributed by atoms with Crippen LogP contribution in [0.15, 0.2) is 42.0 Å². The van der Waals surface area contributed by atoms with Gasteiger partial charge in [0.25, 0.3) is 0 Å². The minimum atomic E-state index is -4.52. The van der Waals surface area contributed by atoms with Crippen molar-refractivity contribution in [2.75, 3.05) is 33.4 Å². The molecule has 1 fully saturated rings. The predicted octanol–water partition coefficient (Wildman–Crippen LogP) is 6.12. The number of fused-ring (bicyclic) bond motifs is 1. The number of alkyl halides is 3. The summed E-state index contributed by atoms with van der Waals surface area (Å²) in [6, 6.07) is 9.44. The molecule has 6 nitrogen and oxygen atoms in total. The summed E-state index contributed by atoms with van der Waals surface area (Å²) in [5.74, 6) is 1.24. The van der Waals surface area contributed by atoms with Crippen LogP contribution in [0.2, 0.25) is 0 Å². The number of carbonyl (C=O) groups is 1. The minimum Gasteiger partial charge on any atom is -0.490 e.